The summed E-state index contributed by atoms with van der Waals surface area (Å²) in [7, 11) is -4.16. The summed E-state index contributed by atoms with van der Waals surface area (Å²) < 4.78 is 36.4. The number of rotatable bonds is 9. The molecule has 172 valence electrons. The Bertz CT molecular complexity index is 1220. The third kappa shape index (κ3) is 4.85. The van der Waals surface area contributed by atoms with E-state index in [-0.39, 0.29) is 33.5 Å². The predicted molar refractivity (Wildman–Crippen MR) is 123 cm³/mol. The number of nitrogens with one attached hydrogen (secondary N) is 1. The summed E-state index contributed by atoms with van der Waals surface area (Å²) in [5, 5.41) is 17.1. The smallest absolute Gasteiger partial charge is 0.286 e. The van der Waals surface area contributed by atoms with Crippen LogP contribution in [0.3, 0.4) is 0 Å². The van der Waals surface area contributed by atoms with Crippen LogP contribution in [-0.4, -0.2) is 29.1 Å². The van der Waals surface area contributed by atoms with Crippen LogP contribution in [-0.2, 0) is 23.0 Å². The van der Waals surface area contributed by atoms with Crippen LogP contribution in [0.2, 0.25) is 0 Å². The number of phenols is 1. The van der Waals surface area contributed by atoms with Crippen LogP contribution in [0.1, 0.15) is 51.3 Å². The molecule has 1 aliphatic heterocycles. The van der Waals surface area contributed by atoms with E-state index in [9.17, 15) is 18.3 Å². The van der Waals surface area contributed by atoms with Crippen molar-refractivity contribution in [3.05, 3.63) is 52.7 Å². The minimum absolute atomic E-state index is 0.0166. The van der Waals surface area contributed by atoms with Gasteiger partial charge >= 0.3 is 0 Å². The average molecular weight is 461 g/mol. The Balaban J connectivity index is 2.24. The van der Waals surface area contributed by atoms with Crippen LogP contribution >= 0.6 is 0 Å². The van der Waals surface area contributed by atoms with E-state index in [4.69, 9.17) is 4.74 Å². The Morgan fingerprint density at radius 2 is 2.09 bits per heavy atom. The van der Waals surface area contributed by atoms with Gasteiger partial charge < -0.3 is 15.2 Å². The Morgan fingerprint density at radius 1 is 1.34 bits per heavy atom. The molecule has 9 nitrogen and oxygen atoms in total. The number of nitrogens with zero attached hydrogens (tertiary/aromatic N) is 3. The number of hydrogen-bond acceptors (Lipinski definition) is 7. The summed E-state index contributed by atoms with van der Waals surface area (Å²) >= 11 is 0. The molecule has 0 unspecified atom stereocenters. The van der Waals surface area contributed by atoms with Crippen molar-refractivity contribution >= 4 is 21.5 Å². The molecular formula is C22H28N4O5S. The second-order valence-electron chi connectivity index (χ2n) is 7.97. The molecule has 32 heavy (non-hydrogen) atoms. The monoisotopic (exact) mass is 460 g/mol. The minimum Gasteiger partial charge on any atom is -0.508 e. The van der Waals surface area contributed by atoms with Gasteiger partial charge in [0.2, 0.25) is 0 Å². The number of aryl methyl sites for hydroxylation is 2. The molecule has 0 spiro atoms. The highest BCUT2D eigenvalue weighted by atomic mass is 32.2. The Hall–Kier alpha value is -3.14. The number of phenolic OH excluding ortho intramolecular Hbond substituents is 1. The lowest BCUT2D eigenvalue weighted by atomic mass is 10.0. The molecule has 2 aromatic rings. The van der Waals surface area contributed by atoms with Crippen LogP contribution in [0.25, 0.3) is 0 Å². The summed E-state index contributed by atoms with van der Waals surface area (Å²) in [6, 6.07) is 3.88. The maximum absolute atomic E-state index is 13.4. The normalized spacial score (nSPS) is 14.4. The lowest BCUT2D eigenvalue weighted by Gasteiger charge is -2.21. The van der Waals surface area contributed by atoms with Gasteiger partial charge in [0.25, 0.3) is 15.6 Å². The quantitative estimate of drug-likeness (QED) is 0.434. The second-order valence-corrected chi connectivity index (χ2v) is 9.54. The van der Waals surface area contributed by atoms with Gasteiger partial charge in [-0.2, -0.15) is 13.5 Å². The average Bonchev–Trinajstić information content (AvgIpc) is 2.72. The summed E-state index contributed by atoms with van der Waals surface area (Å²) in [4.78, 5) is 13.2. The maximum Gasteiger partial charge on any atom is 0.286 e. The van der Waals surface area contributed by atoms with Gasteiger partial charge in [-0.1, -0.05) is 33.8 Å². The molecule has 0 bridgehead atoms. The zero-order valence-electron chi connectivity index (χ0n) is 18.5. The fraction of sp³-hybridized carbons (Fsp3) is 0.409. The van der Waals surface area contributed by atoms with Crippen LogP contribution < -0.4 is 15.6 Å². The topological polar surface area (TPSA) is 123 Å². The van der Waals surface area contributed by atoms with Crippen LogP contribution in [0.5, 0.6) is 11.5 Å². The molecule has 1 aromatic carbocycles. The van der Waals surface area contributed by atoms with Crippen LogP contribution in [0.15, 0.2) is 45.1 Å². The van der Waals surface area contributed by atoms with Crippen molar-refractivity contribution in [3.63, 3.8) is 0 Å². The molecule has 0 fully saturated rings. The molecule has 0 saturated heterocycles. The second kappa shape index (κ2) is 9.56. The fourth-order valence-electron chi connectivity index (χ4n) is 3.33. The highest BCUT2D eigenvalue weighted by Crippen LogP contribution is 2.33. The molecule has 1 aliphatic rings. The Morgan fingerprint density at radius 3 is 2.75 bits per heavy atom. The van der Waals surface area contributed by atoms with E-state index in [0.717, 1.165) is 25.3 Å². The van der Waals surface area contributed by atoms with Gasteiger partial charge in [-0.3, -0.25) is 4.79 Å². The number of aromatic nitrogens is 2. The Labute approximate surface area is 187 Å². The first-order valence-corrected chi connectivity index (χ1v) is 12.0. The van der Waals surface area contributed by atoms with Gasteiger partial charge in [0.15, 0.2) is 11.6 Å². The maximum atomic E-state index is 13.4. The number of amidine groups is 1. The zero-order chi connectivity index (χ0) is 23.5. The van der Waals surface area contributed by atoms with Gasteiger partial charge in [-0.15, -0.1) is 4.40 Å². The third-order valence-electron chi connectivity index (χ3n) is 5.01. The van der Waals surface area contributed by atoms with Crippen molar-refractivity contribution < 1.29 is 18.3 Å². The van der Waals surface area contributed by atoms with Crippen LogP contribution in [0.4, 0.5) is 5.69 Å². The lowest BCUT2D eigenvalue weighted by molar-refractivity contribution is 0.443. The minimum atomic E-state index is -4.16. The molecule has 2 N–H and O–H groups in total. The number of unbranched alkanes of at least 4 members (excludes halogenated alkanes) is 1. The summed E-state index contributed by atoms with van der Waals surface area (Å²) in [6.07, 6.45) is 4.11. The van der Waals surface area contributed by atoms with Gasteiger partial charge in [0, 0.05) is 12.6 Å². The first-order chi connectivity index (χ1) is 15.2. The van der Waals surface area contributed by atoms with Crippen molar-refractivity contribution in [2.75, 3.05) is 5.32 Å². The standard InChI is InChI=1S/C22H28N4O5S/c1-5-7-12-26-22(28)19(20(31-6-2)17(24-26)10-8-14(3)4)21-23-16-11-9-15(27)13-18(16)32(29,30)25-21/h6,9,11,13-14,27H,2,5,7-8,10,12H2,1,3-4H3,(H,23,25). The number of sulfonamides is 1. The van der Waals surface area contributed by atoms with Crippen molar-refractivity contribution in [2.24, 2.45) is 10.3 Å². The Kier molecular flexibility index (Phi) is 7.02. The molecule has 0 saturated carbocycles. The summed E-state index contributed by atoms with van der Waals surface area (Å²) in [5.41, 5.74) is 0.212. The number of ether oxygens (including phenoxy) is 1. The van der Waals surface area contributed by atoms with E-state index in [1.165, 1.54) is 23.1 Å². The summed E-state index contributed by atoms with van der Waals surface area (Å²) in [5.74, 6) is 0.175. The number of fused-ring (bicyclic) bond motifs is 1. The fourth-order valence-corrected chi connectivity index (χ4v) is 4.47. The first kappa shape index (κ1) is 23.5. The van der Waals surface area contributed by atoms with Crippen molar-refractivity contribution in [3.8, 4) is 11.5 Å². The van der Waals surface area contributed by atoms with Crippen LogP contribution in [0, 0.1) is 5.92 Å². The number of anilines is 1. The predicted octanol–water partition coefficient (Wildman–Crippen LogP) is 3.42. The van der Waals surface area contributed by atoms with Gasteiger partial charge in [0.05, 0.1) is 11.9 Å². The van der Waals surface area contributed by atoms with E-state index in [1.807, 2.05) is 6.92 Å². The largest absolute Gasteiger partial charge is 0.508 e. The highest BCUT2D eigenvalue weighted by Gasteiger charge is 2.31. The molecule has 10 heteroatoms. The van der Waals surface area contributed by atoms with E-state index in [2.05, 4.69) is 35.2 Å². The van der Waals surface area contributed by atoms with E-state index in [0.29, 0.717) is 24.6 Å². The van der Waals surface area contributed by atoms with Gasteiger partial charge in [0.1, 0.15) is 21.9 Å². The number of hydrogen-bond donors (Lipinski definition) is 2. The first-order valence-electron chi connectivity index (χ1n) is 10.5. The molecule has 2 heterocycles. The molecule has 3 rings (SSSR count). The van der Waals surface area contributed by atoms with Crippen molar-refractivity contribution in [2.45, 2.75) is 57.9 Å². The molecule has 0 amide bonds. The lowest BCUT2D eigenvalue weighted by Crippen LogP contribution is -2.35. The zero-order valence-corrected chi connectivity index (χ0v) is 19.3. The van der Waals surface area contributed by atoms with E-state index in [1.54, 1.807) is 0 Å². The molecule has 0 radical (unpaired) electrons. The molecule has 0 atom stereocenters. The van der Waals surface area contributed by atoms with Crippen molar-refractivity contribution in [1.82, 2.24) is 9.78 Å². The van der Waals surface area contributed by atoms with Gasteiger partial charge in [-0.25, -0.2) is 4.68 Å². The molecular weight excluding hydrogens is 432 g/mol. The number of benzene rings is 1. The van der Waals surface area contributed by atoms with Crippen molar-refractivity contribution in [1.29, 1.82) is 0 Å². The SMILES string of the molecule is C=COc1c(CCC(C)C)nn(CCCC)c(=O)c1C1=NS(=O)(=O)c2cc(O)ccc2N1. The van der Waals surface area contributed by atoms with E-state index >= 15 is 0 Å². The highest BCUT2D eigenvalue weighted by molar-refractivity contribution is 7.90. The van der Waals surface area contributed by atoms with Gasteiger partial charge in [-0.05, 0) is 37.3 Å². The third-order valence-corrected chi connectivity index (χ3v) is 6.32. The summed E-state index contributed by atoms with van der Waals surface area (Å²) in [6.45, 7) is 10.1. The molecule has 1 aromatic heterocycles. The molecule has 0 aliphatic carbocycles. The van der Waals surface area contributed by atoms with E-state index < -0.39 is 15.6 Å². The number of aromatic hydroxyl groups is 1.